The molecule has 0 aliphatic heterocycles. The minimum absolute atomic E-state index is 0.00234. The van der Waals surface area contributed by atoms with E-state index in [9.17, 15) is 36.9 Å². The largest absolute Gasteiger partial charge is 0.748 e. The Morgan fingerprint density at radius 2 is 1.27 bits per heavy atom. The Morgan fingerprint density at radius 3 is 1.86 bits per heavy atom. The smallest absolute Gasteiger partial charge is 0.345 e. The monoisotopic (exact) mass is 1100 g/mol. The van der Waals surface area contributed by atoms with E-state index in [4.69, 9.17) is 28.4 Å². The molecule has 0 bridgehead atoms. The standard InChI is InChI=1S/C60H77N3O14S/c1-40-36-43(37-41(2)56(40)77-58(68)55-46-10-5-7-12-50(46)63(24-9-35-78(69,70)71)51-13-8-6-11-47(51)55)57(67)62-23-26-73-28-30-75-32-34-76-33-31-74-29-27-72-25-22-61-53(66)17-14-42-38-44-39-45(64)18-20-59(44,3)49-19-21-60(4)48(54(42)49)15-16-52(60)65/h5-8,10-13,36-37,39,42,48-49,54H,9,14-35,38H2,1-4H3,(H2-,61,62,66,67,69,70,71)/t42-,48?,49?,54?,59+,60+/m1/s1. The van der Waals surface area contributed by atoms with Crippen molar-refractivity contribution in [3.05, 3.63) is 94.6 Å². The quantitative estimate of drug-likeness (QED) is 0.0145. The average Bonchev–Trinajstić information content (AvgIpc) is 3.86. The van der Waals surface area contributed by atoms with Crippen LogP contribution in [0.25, 0.3) is 21.8 Å². The summed E-state index contributed by atoms with van der Waals surface area (Å²) in [5.74, 6) is 1.09. The van der Waals surface area contributed by atoms with Gasteiger partial charge in [-0.2, -0.15) is 4.57 Å². The molecule has 3 saturated carbocycles. The van der Waals surface area contributed by atoms with Crippen molar-refractivity contribution in [1.29, 1.82) is 0 Å². The number of aromatic nitrogens is 1. The molecular weight excluding hydrogens is 1020 g/mol. The number of amides is 2. The zero-order chi connectivity index (χ0) is 55.5. The van der Waals surface area contributed by atoms with Crippen molar-refractivity contribution < 1.29 is 69.9 Å². The first kappa shape index (κ1) is 58.7. The van der Waals surface area contributed by atoms with Crippen molar-refractivity contribution >= 4 is 61.3 Å². The zero-order valence-corrected chi connectivity index (χ0v) is 46.5. The lowest BCUT2D eigenvalue weighted by Crippen LogP contribution is -2.53. The van der Waals surface area contributed by atoms with Crippen LogP contribution in [0.4, 0.5) is 0 Å². The molecule has 0 spiro atoms. The summed E-state index contributed by atoms with van der Waals surface area (Å²) < 4.78 is 70.1. The zero-order valence-electron chi connectivity index (χ0n) is 45.7. The second kappa shape index (κ2) is 26.7. The number of aryl methyl sites for hydroxylation is 3. The van der Waals surface area contributed by atoms with Gasteiger partial charge in [0, 0.05) is 67.6 Å². The fourth-order valence-corrected chi connectivity index (χ4v) is 13.6. The van der Waals surface area contributed by atoms with E-state index >= 15 is 0 Å². The molecule has 422 valence electrons. The fourth-order valence-electron chi connectivity index (χ4n) is 13.1. The topological polar surface area (TPSA) is 226 Å². The van der Waals surface area contributed by atoms with Crippen LogP contribution >= 0.6 is 0 Å². The molecule has 3 aromatic carbocycles. The molecule has 4 aromatic rings. The number of ketones is 2. The van der Waals surface area contributed by atoms with Gasteiger partial charge in [-0.05, 0) is 123 Å². The minimum atomic E-state index is -4.39. The van der Waals surface area contributed by atoms with Gasteiger partial charge >= 0.3 is 5.97 Å². The van der Waals surface area contributed by atoms with Crippen molar-refractivity contribution in [3.8, 4) is 5.75 Å². The Labute approximate surface area is 458 Å². The normalized spacial score (nSPS) is 22.9. The molecule has 18 heteroatoms. The van der Waals surface area contributed by atoms with Gasteiger partial charge in [0.1, 0.15) is 11.5 Å². The molecule has 1 aromatic heterocycles. The number of nitrogens with one attached hydrogen (secondary N) is 2. The van der Waals surface area contributed by atoms with Crippen LogP contribution < -0.4 is 19.9 Å². The van der Waals surface area contributed by atoms with E-state index in [1.54, 1.807) is 38.1 Å². The van der Waals surface area contributed by atoms with Crippen LogP contribution in [0.15, 0.2) is 72.3 Å². The highest BCUT2D eigenvalue weighted by atomic mass is 32.2. The third-order valence-electron chi connectivity index (χ3n) is 17.0. The number of ether oxygens (including phenoxy) is 6. The lowest BCUT2D eigenvalue weighted by molar-refractivity contribution is -0.645. The van der Waals surface area contributed by atoms with Gasteiger partial charge in [-0.3, -0.25) is 19.2 Å². The molecule has 2 amide bonds. The van der Waals surface area contributed by atoms with Gasteiger partial charge < -0.3 is 43.6 Å². The molecule has 1 heterocycles. The minimum Gasteiger partial charge on any atom is -0.748 e. The summed E-state index contributed by atoms with van der Waals surface area (Å²) in [4.78, 5) is 65.7. The maximum absolute atomic E-state index is 14.0. The van der Waals surface area contributed by atoms with Crippen molar-refractivity contribution in [1.82, 2.24) is 10.6 Å². The van der Waals surface area contributed by atoms with Gasteiger partial charge in [-0.25, -0.2) is 13.2 Å². The molecule has 17 nitrogen and oxygen atoms in total. The predicted molar refractivity (Wildman–Crippen MR) is 291 cm³/mol. The molecule has 4 aliphatic carbocycles. The molecule has 6 atom stereocenters. The van der Waals surface area contributed by atoms with Gasteiger partial charge in [-0.15, -0.1) is 0 Å². The molecule has 0 radical (unpaired) electrons. The summed E-state index contributed by atoms with van der Waals surface area (Å²) in [6.45, 7) is 12.8. The Bertz CT molecular complexity index is 2900. The number of pyridine rings is 1. The third kappa shape index (κ3) is 14.1. The first-order valence-corrected chi connectivity index (χ1v) is 29.4. The number of nitrogens with zero attached hydrogens (tertiary/aromatic N) is 1. The molecule has 2 N–H and O–H groups in total. The van der Waals surface area contributed by atoms with Crippen LogP contribution in [0.5, 0.6) is 5.75 Å². The lowest BCUT2D eigenvalue weighted by Gasteiger charge is -2.59. The SMILES string of the molecule is Cc1cc(C(=O)NCCOCCOCCOCCOCCOCCNC(=O)CC[C@@H]2CC3=CC(=O)CC[C@]3(C)C3CC[C@]4(C)C(=O)CCC4C32)cc(C)c1OC(=O)c1c2ccccc2[n+](CCCS(=O)(=O)[O-])c2ccccc12. The van der Waals surface area contributed by atoms with E-state index in [-0.39, 0.29) is 54.5 Å². The Hall–Kier alpha value is -5.47. The van der Waals surface area contributed by atoms with E-state index in [1.165, 1.54) is 5.57 Å². The van der Waals surface area contributed by atoms with Gasteiger partial charge in [0.25, 0.3) is 5.91 Å². The molecule has 4 aliphatic rings. The van der Waals surface area contributed by atoms with E-state index in [2.05, 4.69) is 24.5 Å². The maximum atomic E-state index is 14.0. The molecule has 0 saturated heterocycles. The first-order valence-electron chi connectivity index (χ1n) is 27.8. The number of carbonyl (C=O) groups is 5. The summed E-state index contributed by atoms with van der Waals surface area (Å²) in [6.07, 6.45) is 9.11. The van der Waals surface area contributed by atoms with Gasteiger partial charge in [0.05, 0.1) is 92.5 Å². The number of allylic oxidation sites excluding steroid dienone is 1. The summed E-state index contributed by atoms with van der Waals surface area (Å²) in [7, 11) is -4.39. The number of para-hydroxylation sites is 2. The van der Waals surface area contributed by atoms with Crippen LogP contribution in [-0.4, -0.2) is 127 Å². The summed E-state index contributed by atoms with van der Waals surface area (Å²) >= 11 is 0. The van der Waals surface area contributed by atoms with Gasteiger partial charge in [0.15, 0.2) is 12.3 Å². The van der Waals surface area contributed by atoms with Crippen LogP contribution in [-0.2, 0) is 54.7 Å². The van der Waals surface area contributed by atoms with E-state index in [0.717, 1.165) is 38.5 Å². The first-order chi connectivity index (χ1) is 37.5. The second-order valence-electron chi connectivity index (χ2n) is 21.9. The molecular formula is C60H77N3O14S. The number of hydrogen-bond donors (Lipinski definition) is 2. The van der Waals surface area contributed by atoms with Crippen LogP contribution in [0.1, 0.15) is 110 Å². The molecule has 78 heavy (non-hydrogen) atoms. The van der Waals surface area contributed by atoms with E-state index in [1.807, 2.05) is 47.0 Å². The van der Waals surface area contributed by atoms with Gasteiger partial charge in [-0.1, -0.05) is 43.7 Å². The number of benzene rings is 3. The van der Waals surface area contributed by atoms with Crippen molar-refractivity contribution in [2.75, 3.05) is 84.9 Å². The number of hydrogen-bond acceptors (Lipinski definition) is 14. The summed E-state index contributed by atoms with van der Waals surface area (Å²) in [6, 6.07) is 17.9. The molecule has 3 fully saturated rings. The number of esters is 1. The summed E-state index contributed by atoms with van der Waals surface area (Å²) in [5.41, 5.74) is 4.36. The molecule has 3 unspecified atom stereocenters. The molecule has 8 rings (SSSR count). The van der Waals surface area contributed by atoms with Crippen LogP contribution in [0, 0.1) is 48.3 Å². The van der Waals surface area contributed by atoms with Crippen LogP contribution in [0.2, 0.25) is 0 Å². The Kier molecular flexibility index (Phi) is 20.1. The van der Waals surface area contributed by atoms with Crippen LogP contribution in [0.3, 0.4) is 0 Å². The highest BCUT2D eigenvalue weighted by Crippen LogP contribution is 2.66. The Morgan fingerprint density at radius 1 is 0.718 bits per heavy atom. The third-order valence-corrected chi connectivity index (χ3v) is 17.8. The maximum Gasteiger partial charge on any atom is 0.345 e. The summed E-state index contributed by atoms with van der Waals surface area (Å²) in [5, 5.41) is 7.09. The van der Waals surface area contributed by atoms with Crippen molar-refractivity contribution in [2.24, 2.45) is 34.5 Å². The second-order valence-corrected chi connectivity index (χ2v) is 23.5. The number of fused-ring (bicyclic) bond motifs is 7. The van der Waals surface area contributed by atoms with Gasteiger partial charge in [0.2, 0.25) is 16.9 Å². The Balaban J connectivity index is 0.644. The van der Waals surface area contributed by atoms with E-state index in [0.29, 0.717) is 165 Å². The predicted octanol–water partition coefficient (Wildman–Crippen LogP) is 7.09. The number of rotatable bonds is 28. The number of Topliss-reactive ketones (excluding diaryl/α,β-unsaturated/α-hetero) is 1. The highest BCUT2D eigenvalue weighted by molar-refractivity contribution is 7.85. The van der Waals surface area contributed by atoms with E-state index < -0.39 is 21.8 Å². The fraction of sp³-hybridized carbons (Fsp3) is 0.567. The highest BCUT2D eigenvalue weighted by Gasteiger charge is 2.61. The average molecular weight is 1100 g/mol. The lowest BCUT2D eigenvalue weighted by atomic mass is 9.44. The van der Waals surface area contributed by atoms with Crippen molar-refractivity contribution in [3.63, 3.8) is 0 Å². The van der Waals surface area contributed by atoms with Crippen molar-refractivity contribution in [2.45, 2.75) is 98.4 Å². The number of carbonyl (C=O) groups excluding carboxylic acids is 5.